The summed E-state index contributed by atoms with van der Waals surface area (Å²) < 4.78 is 1.96. The van der Waals surface area contributed by atoms with Gasteiger partial charge in [-0.05, 0) is 24.5 Å². The SMILES string of the molecule is Cn1ccc(CNC(=O)c2cnc(NC3CC3)s2)c1. The molecular formula is C13H16N4OS. The average Bonchev–Trinajstić information content (AvgIpc) is 2.90. The molecule has 0 aromatic carbocycles. The minimum absolute atomic E-state index is 0.0646. The van der Waals surface area contributed by atoms with E-state index in [0.717, 1.165) is 10.7 Å². The van der Waals surface area contributed by atoms with Crippen molar-refractivity contribution in [2.24, 2.45) is 7.05 Å². The van der Waals surface area contributed by atoms with Crippen molar-refractivity contribution in [3.63, 3.8) is 0 Å². The van der Waals surface area contributed by atoms with E-state index in [0.29, 0.717) is 17.5 Å². The summed E-state index contributed by atoms with van der Waals surface area (Å²) in [6.07, 6.45) is 8.00. The Morgan fingerprint density at radius 3 is 3.11 bits per heavy atom. The molecule has 6 heteroatoms. The molecule has 0 radical (unpaired) electrons. The fourth-order valence-electron chi connectivity index (χ4n) is 1.78. The summed E-state index contributed by atoms with van der Waals surface area (Å²) in [7, 11) is 1.96. The monoisotopic (exact) mass is 276 g/mol. The van der Waals surface area contributed by atoms with Gasteiger partial charge in [0.05, 0.1) is 6.20 Å². The number of aryl methyl sites for hydroxylation is 1. The van der Waals surface area contributed by atoms with Gasteiger partial charge < -0.3 is 15.2 Å². The lowest BCUT2D eigenvalue weighted by Gasteiger charge is -2.01. The smallest absolute Gasteiger partial charge is 0.263 e. The van der Waals surface area contributed by atoms with E-state index in [1.54, 1.807) is 6.20 Å². The van der Waals surface area contributed by atoms with Gasteiger partial charge in [-0.2, -0.15) is 0 Å². The molecule has 1 amide bonds. The molecule has 2 heterocycles. The molecule has 2 aromatic rings. The summed E-state index contributed by atoms with van der Waals surface area (Å²) >= 11 is 1.41. The van der Waals surface area contributed by atoms with Crippen molar-refractivity contribution in [2.75, 3.05) is 5.32 Å². The van der Waals surface area contributed by atoms with Gasteiger partial charge in [0.25, 0.3) is 5.91 Å². The first-order valence-electron chi connectivity index (χ1n) is 6.32. The quantitative estimate of drug-likeness (QED) is 0.878. The van der Waals surface area contributed by atoms with E-state index in [9.17, 15) is 4.79 Å². The molecule has 0 bridgehead atoms. The van der Waals surface area contributed by atoms with Gasteiger partial charge in [-0.1, -0.05) is 11.3 Å². The van der Waals surface area contributed by atoms with Gasteiger partial charge >= 0.3 is 0 Å². The molecule has 19 heavy (non-hydrogen) atoms. The van der Waals surface area contributed by atoms with Gasteiger partial charge in [-0.3, -0.25) is 4.79 Å². The van der Waals surface area contributed by atoms with Crippen LogP contribution in [0.4, 0.5) is 5.13 Å². The number of thiazole rings is 1. The zero-order valence-electron chi connectivity index (χ0n) is 10.7. The summed E-state index contributed by atoms with van der Waals surface area (Å²) in [4.78, 5) is 16.8. The standard InChI is InChI=1S/C13H16N4OS/c1-17-5-4-9(8-17)6-14-12(18)11-7-15-13(19-11)16-10-2-3-10/h4-5,7-8,10H,2-3,6H2,1H3,(H,14,18)(H,15,16). The molecule has 0 saturated heterocycles. The Bertz CT molecular complexity index is 585. The minimum Gasteiger partial charge on any atom is -0.359 e. The van der Waals surface area contributed by atoms with Crippen LogP contribution in [0.2, 0.25) is 0 Å². The number of hydrogen-bond acceptors (Lipinski definition) is 4. The van der Waals surface area contributed by atoms with Crippen molar-refractivity contribution in [2.45, 2.75) is 25.4 Å². The first kappa shape index (κ1) is 12.2. The summed E-state index contributed by atoms with van der Waals surface area (Å²) in [5.41, 5.74) is 1.09. The number of hydrogen-bond donors (Lipinski definition) is 2. The number of aromatic nitrogens is 2. The van der Waals surface area contributed by atoms with Crippen molar-refractivity contribution in [1.29, 1.82) is 0 Å². The predicted octanol–water partition coefficient (Wildman–Crippen LogP) is 1.99. The molecule has 1 aliphatic carbocycles. The number of rotatable bonds is 5. The van der Waals surface area contributed by atoms with E-state index in [2.05, 4.69) is 15.6 Å². The van der Waals surface area contributed by atoms with Crippen molar-refractivity contribution < 1.29 is 4.79 Å². The number of amides is 1. The maximum absolute atomic E-state index is 12.0. The van der Waals surface area contributed by atoms with Crippen LogP contribution in [0.15, 0.2) is 24.7 Å². The maximum Gasteiger partial charge on any atom is 0.263 e. The van der Waals surface area contributed by atoms with Crippen LogP contribution in [-0.2, 0) is 13.6 Å². The van der Waals surface area contributed by atoms with E-state index >= 15 is 0 Å². The first-order chi connectivity index (χ1) is 9.20. The number of carbonyl (C=O) groups excluding carboxylic acids is 1. The Balaban J connectivity index is 1.55. The van der Waals surface area contributed by atoms with Crippen LogP contribution in [0.1, 0.15) is 28.1 Å². The number of anilines is 1. The van der Waals surface area contributed by atoms with Gasteiger partial charge in [-0.15, -0.1) is 0 Å². The van der Waals surface area contributed by atoms with Crippen LogP contribution in [-0.4, -0.2) is 21.5 Å². The Morgan fingerprint density at radius 1 is 1.58 bits per heavy atom. The van der Waals surface area contributed by atoms with E-state index in [4.69, 9.17) is 0 Å². The van der Waals surface area contributed by atoms with Gasteiger partial charge in [0.1, 0.15) is 4.88 Å². The molecule has 1 aliphatic rings. The second kappa shape index (κ2) is 5.05. The third-order valence-electron chi connectivity index (χ3n) is 2.98. The lowest BCUT2D eigenvalue weighted by atomic mass is 10.3. The highest BCUT2D eigenvalue weighted by Crippen LogP contribution is 2.27. The Morgan fingerprint density at radius 2 is 2.42 bits per heavy atom. The number of nitrogens with zero attached hydrogens (tertiary/aromatic N) is 2. The van der Waals surface area contributed by atoms with Crippen LogP contribution in [0.5, 0.6) is 0 Å². The maximum atomic E-state index is 12.0. The van der Waals surface area contributed by atoms with Crippen molar-refractivity contribution in [1.82, 2.24) is 14.9 Å². The van der Waals surface area contributed by atoms with Crippen LogP contribution >= 0.6 is 11.3 Å². The molecule has 1 fully saturated rings. The summed E-state index contributed by atoms with van der Waals surface area (Å²) in [5, 5.41) is 7.03. The van der Waals surface area contributed by atoms with E-state index < -0.39 is 0 Å². The van der Waals surface area contributed by atoms with Gasteiger partial charge in [0, 0.05) is 32.0 Å². The molecule has 2 N–H and O–H groups in total. The molecule has 5 nitrogen and oxygen atoms in total. The van der Waals surface area contributed by atoms with Crippen LogP contribution in [0, 0.1) is 0 Å². The molecule has 0 unspecified atom stereocenters. The normalized spacial score (nSPS) is 14.4. The average molecular weight is 276 g/mol. The zero-order valence-corrected chi connectivity index (χ0v) is 11.5. The Kier molecular flexibility index (Phi) is 3.25. The molecule has 2 aromatic heterocycles. The topological polar surface area (TPSA) is 59.0 Å². The molecule has 100 valence electrons. The largest absolute Gasteiger partial charge is 0.359 e. The van der Waals surface area contributed by atoms with Gasteiger partial charge in [0.2, 0.25) is 0 Å². The summed E-state index contributed by atoms with van der Waals surface area (Å²) in [6, 6.07) is 2.55. The molecule has 3 rings (SSSR count). The number of carbonyl (C=O) groups is 1. The second-order valence-electron chi connectivity index (χ2n) is 4.82. The van der Waals surface area contributed by atoms with Crippen LogP contribution in [0.25, 0.3) is 0 Å². The van der Waals surface area contributed by atoms with Gasteiger partial charge in [-0.25, -0.2) is 4.98 Å². The predicted molar refractivity (Wildman–Crippen MR) is 75.3 cm³/mol. The molecule has 1 saturated carbocycles. The van der Waals surface area contributed by atoms with Crippen molar-refractivity contribution >= 4 is 22.4 Å². The van der Waals surface area contributed by atoms with E-state index in [1.807, 2.05) is 30.1 Å². The fourth-order valence-corrected chi connectivity index (χ4v) is 2.59. The molecule has 0 atom stereocenters. The highest BCUT2D eigenvalue weighted by Gasteiger charge is 2.22. The lowest BCUT2D eigenvalue weighted by Crippen LogP contribution is -2.21. The Labute approximate surface area is 115 Å². The van der Waals surface area contributed by atoms with Crippen LogP contribution in [0.3, 0.4) is 0 Å². The zero-order chi connectivity index (χ0) is 13.2. The lowest BCUT2D eigenvalue weighted by molar-refractivity contribution is 0.0955. The Hall–Kier alpha value is -1.82. The van der Waals surface area contributed by atoms with Crippen molar-refractivity contribution in [3.8, 4) is 0 Å². The fraction of sp³-hybridized carbons (Fsp3) is 0.385. The summed E-state index contributed by atoms with van der Waals surface area (Å²) in [5.74, 6) is -0.0646. The highest BCUT2D eigenvalue weighted by molar-refractivity contribution is 7.17. The van der Waals surface area contributed by atoms with Crippen molar-refractivity contribution in [3.05, 3.63) is 35.1 Å². The molecular weight excluding hydrogens is 260 g/mol. The van der Waals surface area contributed by atoms with E-state index in [1.165, 1.54) is 24.2 Å². The summed E-state index contributed by atoms with van der Waals surface area (Å²) in [6.45, 7) is 0.545. The van der Waals surface area contributed by atoms with Crippen LogP contribution < -0.4 is 10.6 Å². The molecule has 0 aliphatic heterocycles. The first-order valence-corrected chi connectivity index (χ1v) is 7.14. The third kappa shape index (κ3) is 3.14. The minimum atomic E-state index is -0.0646. The third-order valence-corrected chi connectivity index (χ3v) is 3.91. The molecule has 0 spiro atoms. The number of nitrogens with one attached hydrogen (secondary N) is 2. The van der Waals surface area contributed by atoms with Gasteiger partial charge in [0.15, 0.2) is 5.13 Å². The second-order valence-corrected chi connectivity index (χ2v) is 5.85. The van der Waals surface area contributed by atoms with E-state index in [-0.39, 0.29) is 5.91 Å². The highest BCUT2D eigenvalue weighted by atomic mass is 32.1.